The van der Waals surface area contributed by atoms with Crippen LogP contribution in [0, 0.1) is 0 Å². The molecule has 1 aromatic carbocycles. The molecule has 0 radical (unpaired) electrons. The van der Waals surface area contributed by atoms with Crippen LogP contribution >= 0.6 is 0 Å². The molecule has 0 saturated carbocycles. The van der Waals surface area contributed by atoms with E-state index in [4.69, 9.17) is 4.42 Å². The molecule has 1 heterocycles. The van der Waals surface area contributed by atoms with Crippen molar-refractivity contribution in [2.24, 2.45) is 0 Å². The lowest BCUT2D eigenvalue weighted by Gasteiger charge is -1.88. The number of fused-ring (bicyclic) bond motifs is 1. The van der Waals surface area contributed by atoms with E-state index in [0.717, 1.165) is 22.3 Å². The van der Waals surface area contributed by atoms with E-state index < -0.39 is 0 Å². The fraction of sp³-hybridized carbons (Fsp3) is 0.231. The lowest BCUT2D eigenvalue weighted by atomic mass is 10.2. The third kappa shape index (κ3) is 2.05. The second kappa shape index (κ2) is 4.66. The van der Waals surface area contributed by atoms with Crippen molar-refractivity contribution in [2.75, 3.05) is 0 Å². The van der Waals surface area contributed by atoms with Crippen molar-refractivity contribution >= 4 is 16.5 Å². The Bertz CT molecular complexity index is 390. The number of hydrogen-bond donors (Lipinski definition) is 0. The van der Waals surface area contributed by atoms with Crippen molar-refractivity contribution in [1.29, 1.82) is 0 Å². The van der Waals surface area contributed by atoms with Crippen LogP contribution in [-0.4, -0.2) is 0 Å². The van der Waals surface area contributed by atoms with Gasteiger partial charge in [0.25, 0.3) is 0 Å². The van der Waals surface area contributed by atoms with Crippen LogP contribution in [0.2, 0.25) is 0 Å². The Kier molecular flexibility index (Phi) is 3.52. The SMILES string of the molecule is C=C(C)c1cc2ccccc2o1.CC. The normalized spacial score (nSPS) is 9.36. The first kappa shape index (κ1) is 10.6. The molecule has 14 heavy (non-hydrogen) atoms. The number of furan rings is 1. The third-order valence-electron chi connectivity index (χ3n) is 1.85. The van der Waals surface area contributed by atoms with Crippen molar-refractivity contribution in [3.05, 3.63) is 42.7 Å². The van der Waals surface area contributed by atoms with Crippen LogP contribution < -0.4 is 0 Å². The van der Waals surface area contributed by atoms with Crippen molar-refractivity contribution < 1.29 is 4.42 Å². The lowest BCUT2D eigenvalue weighted by Crippen LogP contribution is -1.65. The van der Waals surface area contributed by atoms with Gasteiger partial charge in [-0.15, -0.1) is 0 Å². The van der Waals surface area contributed by atoms with Gasteiger partial charge in [0.2, 0.25) is 0 Å². The maximum atomic E-state index is 5.53. The Labute approximate surface area is 85.0 Å². The van der Waals surface area contributed by atoms with Gasteiger partial charge in [0.15, 0.2) is 0 Å². The van der Waals surface area contributed by atoms with Gasteiger partial charge in [-0.1, -0.05) is 38.6 Å². The summed E-state index contributed by atoms with van der Waals surface area (Å²) in [6.07, 6.45) is 0. The average Bonchev–Trinajstić information content (AvgIpc) is 2.64. The fourth-order valence-corrected chi connectivity index (χ4v) is 1.19. The van der Waals surface area contributed by atoms with Crippen molar-refractivity contribution in [1.82, 2.24) is 0 Å². The minimum Gasteiger partial charge on any atom is -0.456 e. The highest BCUT2D eigenvalue weighted by atomic mass is 16.3. The predicted molar refractivity (Wildman–Crippen MR) is 62.3 cm³/mol. The summed E-state index contributed by atoms with van der Waals surface area (Å²) in [5.74, 6) is 0.871. The molecule has 0 aliphatic heterocycles. The van der Waals surface area contributed by atoms with E-state index >= 15 is 0 Å². The summed E-state index contributed by atoms with van der Waals surface area (Å²) in [7, 11) is 0. The highest BCUT2D eigenvalue weighted by molar-refractivity contribution is 5.81. The lowest BCUT2D eigenvalue weighted by molar-refractivity contribution is 0.599. The van der Waals surface area contributed by atoms with Crippen LogP contribution in [0.3, 0.4) is 0 Å². The summed E-state index contributed by atoms with van der Waals surface area (Å²) in [6, 6.07) is 9.97. The summed E-state index contributed by atoms with van der Waals surface area (Å²) in [4.78, 5) is 0. The summed E-state index contributed by atoms with van der Waals surface area (Å²) >= 11 is 0. The molecule has 0 spiro atoms. The zero-order chi connectivity index (χ0) is 10.6. The molecule has 2 rings (SSSR count). The minimum absolute atomic E-state index is 0.871. The molecule has 0 atom stereocenters. The monoisotopic (exact) mass is 188 g/mol. The summed E-state index contributed by atoms with van der Waals surface area (Å²) in [6.45, 7) is 9.77. The molecule has 0 unspecified atom stereocenters. The van der Waals surface area contributed by atoms with Gasteiger partial charge in [-0.2, -0.15) is 0 Å². The third-order valence-corrected chi connectivity index (χ3v) is 1.85. The quantitative estimate of drug-likeness (QED) is 0.642. The van der Waals surface area contributed by atoms with E-state index in [1.165, 1.54) is 0 Å². The number of benzene rings is 1. The second-order valence-corrected chi connectivity index (χ2v) is 2.93. The molecule has 1 aromatic heterocycles. The van der Waals surface area contributed by atoms with Crippen LogP contribution in [-0.2, 0) is 0 Å². The molecule has 0 aliphatic rings. The molecule has 0 N–H and O–H groups in total. The Morgan fingerprint density at radius 2 is 1.86 bits per heavy atom. The number of rotatable bonds is 1. The average molecular weight is 188 g/mol. The van der Waals surface area contributed by atoms with E-state index in [9.17, 15) is 0 Å². The molecule has 0 amide bonds. The molecule has 0 fully saturated rings. The van der Waals surface area contributed by atoms with Crippen molar-refractivity contribution in [3.63, 3.8) is 0 Å². The van der Waals surface area contributed by atoms with E-state index in [-0.39, 0.29) is 0 Å². The maximum Gasteiger partial charge on any atom is 0.134 e. The number of hydrogen-bond acceptors (Lipinski definition) is 1. The van der Waals surface area contributed by atoms with Crippen molar-refractivity contribution in [3.8, 4) is 0 Å². The van der Waals surface area contributed by atoms with Gasteiger partial charge >= 0.3 is 0 Å². The zero-order valence-electron chi connectivity index (χ0n) is 9.00. The largest absolute Gasteiger partial charge is 0.456 e. The highest BCUT2D eigenvalue weighted by Crippen LogP contribution is 2.22. The van der Waals surface area contributed by atoms with Gasteiger partial charge in [0.1, 0.15) is 11.3 Å². The maximum absolute atomic E-state index is 5.53. The molecule has 74 valence electrons. The molecule has 0 aliphatic carbocycles. The van der Waals surface area contributed by atoms with Crippen LogP contribution in [0.4, 0.5) is 0 Å². The van der Waals surface area contributed by atoms with E-state index in [0.29, 0.717) is 0 Å². The Hall–Kier alpha value is -1.50. The van der Waals surface area contributed by atoms with Gasteiger partial charge in [-0.05, 0) is 24.6 Å². The minimum atomic E-state index is 0.871. The molecule has 2 aromatic rings. The molecular formula is C13H16O. The summed E-state index contributed by atoms with van der Waals surface area (Å²) in [5.41, 5.74) is 1.89. The Balaban J connectivity index is 0.000000461. The van der Waals surface area contributed by atoms with Gasteiger partial charge in [0, 0.05) is 5.39 Å². The first-order chi connectivity index (χ1) is 6.77. The molecule has 0 saturated heterocycles. The molecule has 1 nitrogen and oxygen atoms in total. The highest BCUT2D eigenvalue weighted by Gasteiger charge is 2.01. The molecule has 0 bridgehead atoms. The van der Waals surface area contributed by atoms with E-state index in [1.807, 2.05) is 51.1 Å². The van der Waals surface area contributed by atoms with Gasteiger partial charge in [0.05, 0.1) is 0 Å². The van der Waals surface area contributed by atoms with Crippen LogP contribution in [0.5, 0.6) is 0 Å². The fourth-order valence-electron chi connectivity index (χ4n) is 1.19. The number of para-hydroxylation sites is 1. The topological polar surface area (TPSA) is 13.1 Å². The van der Waals surface area contributed by atoms with Crippen LogP contribution in [0.25, 0.3) is 16.5 Å². The summed E-state index contributed by atoms with van der Waals surface area (Å²) in [5, 5.41) is 1.13. The van der Waals surface area contributed by atoms with Crippen molar-refractivity contribution in [2.45, 2.75) is 20.8 Å². The van der Waals surface area contributed by atoms with Gasteiger partial charge in [-0.3, -0.25) is 0 Å². The van der Waals surface area contributed by atoms with Gasteiger partial charge in [-0.25, -0.2) is 0 Å². The Morgan fingerprint density at radius 3 is 2.43 bits per heavy atom. The van der Waals surface area contributed by atoms with Crippen LogP contribution in [0.1, 0.15) is 26.5 Å². The predicted octanol–water partition coefficient (Wildman–Crippen LogP) is 4.49. The Morgan fingerprint density at radius 1 is 1.21 bits per heavy atom. The zero-order valence-corrected chi connectivity index (χ0v) is 9.00. The molecular weight excluding hydrogens is 172 g/mol. The van der Waals surface area contributed by atoms with E-state index in [2.05, 4.69) is 6.58 Å². The van der Waals surface area contributed by atoms with E-state index in [1.54, 1.807) is 0 Å². The molecule has 1 heteroatoms. The first-order valence-corrected chi connectivity index (χ1v) is 4.92. The standard InChI is InChI=1S/C11H10O.C2H6/c1-8(2)11-7-9-5-3-4-6-10(9)12-11;1-2/h3-7H,1H2,2H3;1-2H3. The summed E-state index contributed by atoms with van der Waals surface area (Å²) < 4.78 is 5.53. The van der Waals surface area contributed by atoms with Crippen LogP contribution in [0.15, 0.2) is 41.3 Å². The number of allylic oxidation sites excluding steroid dienone is 1. The first-order valence-electron chi connectivity index (χ1n) is 4.92. The second-order valence-electron chi connectivity index (χ2n) is 2.93. The smallest absolute Gasteiger partial charge is 0.134 e. The van der Waals surface area contributed by atoms with Gasteiger partial charge < -0.3 is 4.42 Å².